The number of amides is 1. The van der Waals surface area contributed by atoms with Gasteiger partial charge in [0.1, 0.15) is 5.75 Å². The van der Waals surface area contributed by atoms with Gasteiger partial charge in [-0.15, -0.1) is 0 Å². The van der Waals surface area contributed by atoms with Crippen molar-refractivity contribution in [1.82, 2.24) is 9.97 Å². The number of ether oxygens (including phenoxy) is 1. The van der Waals surface area contributed by atoms with Crippen molar-refractivity contribution in [1.29, 1.82) is 0 Å². The van der Waals surface area contributed by atoms with E-state index in [0.717, 1.165) is 25.1 Å². The number of para-hydroxylation sites is 1. The summed E-state index contributed by atoms with van der Waals surface area (Å²) in [6, 6.07) is 17.6. The Balaban J connectivity index is 1.46. The van der Waals surface area contributed by atoms with Crippen molar-refractivity contribution in [2.45, 2.75) is 32.6 Å². The summed E-state index contributed by atoms with van der Waals surface area (Å²) in [5.41, 5.74) is 2.06. The van der Waals surface area contributed by atoms with Gasteiger partial charge in [0.25, 0.3) is 5.88 Å². The van der Waals surface area contributed by atoms with Crippen LogP contribution in [-0.4, -0.2) is 29.0 Å². The van der Waals surface area contributed by atoms with Crippen molar-refractivity contribution in [2.75, 3.05) is 23.3 Å². The molecule has 6 heteroatoms. The van der Waals surface area contributed by atoms with Crippen molar-refractivity contribution in [3.05, 3.63) is 72.6 Å². The minimum atomic E-state index is -0.122. The molecule has 160 valence electrons. The normalized spacial score (nSPS) is 16.2. The van der Waals surface area contributed by atoms with Gasteiger partial charge in [0.05, 0.1) is 5.92 Å². The number of nitrogens with one attached hydrogen (secondary N) is 1. The first-order valence-electron chi connectivity index (χ1n) is 10.8. The van der Waals surface area contributed by atoms with E-state index in [1.807, 2.05) is 42.5 Å². The number of anilines is 2. The van der Waals surface area contributed by atoms with Gasteiger partial charge in [0, 0.05) is 31.2 Å². The lowest BCUT2D eigenvalue weighted by Crippen LogP contribution is -2.41. The molecule has 0 aliphatic carbocycles. The van der Waals surface area contributed by atoms with Crippen LogP contribution in [0.4, 0.5) is 11.5 Å². The van der Waals surface area contributed by atoms with Crippen LogP contribution in [-0.2, 0) is 4.79 Å². The monoisotopic (exact) mass is 416 g/mol. The molecule has 2 aromatic carbocycles. The molecule has 0 radical (unpaired) electrons. The van der Waals surface area contributed by atoms with Crippen LogP contribution in [0.3, 0.4) is 0 Å². The third-order valence-electron chi connectivity index (χ3n) is 5.52. The van der Waals surface area contributed by atoms with E-state index < -0.39 is 0 Å². The van der Waals surface area contributed by atoms with E-state index in [1.165, 1.54) is 5.56 Å². The Labute approximate surface area is 183 Å². The highest BCUT2D eigenvalue weighted by Gasteiger charge is 2.28. The van der Waals surface area contributed by atoms with E-state index in [0.29, 0.717) is 29.9 Å². The van der Waals surface area contributed by atoms with Crippen LogP contribution in [0.15, 0.2) is 67.0 Å². The fraction of sp³-hybridized carbons (Fsp3) is 0.320. The smallest absolute Gasteiger partial charge is 0.263 e. The number of hydrogen-bond donors (Lipinski definition) is 1. The van der Waals surface area contributed by atoms with Gasteiger partial charge in [-0.1, -0.05) is 44.2 Å². The van der Waals surface area contributed by atoms with Crippen LogP contribution in [0.2, 0.25) is 0 Å². The number of benzene rings is 2. The van der Waals surface area contributed by atoms with Crippen molar-refractivity contribution in [2.24, 2.45) is 5.92 Å². The van der Waals surface area contributed by atoms with Crippen LogP contribution in [0.1, 0.15) is 38.2 Å². The molecule has 0 unspecified atom stereocenters. The van der Waals surface area contributed by atoms with Crippen molar-refractivity contribution in [3.8, 4) is 11.6 Å². The van der Waals surface area contributed by atoms with E-state index in [-0.39, 0.29) is 11.8 Å². The summed E-state index contributed by atoms with van der Waals surface area (Å²) in [4.78, 5) is 24.0. The van der Waals surface area contributed by atoms with Crippen LogP contribution < -0.4 is 15.0 Å². The first-order valence-corrected chi connectivity index (χ1v) is 10.8. The molecule has 1 amide bonds. The molecule has 0 bridgehead atoms. The predicted molar refractivity (Wildman–Crippen MR) is 123 cm³/mol. The van der Waals surface area contributed by atoms with E-state index in [1.54, 1.807) is 12.4 Å². The topological polar surface area (TPSA) is 67.4 Å². The first-order chi connectivity index (χ1) is 15.1. The molecule has 6 nitrogen and oxygen atoms in total. The zero-order valence-electron chi connectivity index (χ0n) is 18.0. The van der Waals surface area contributed by atoms with E-state index in [2.05, 4.69) is 46.2 Å². The highest BCUT2D eigenvalue weighted by Crippen LogP contribution is 2.31. The Morgan fingerprint density at radius 3 is 2.71 bits per heavy atom. The summed E-state index contributed by atoms with van der Waals surface area (Å²) >= 11 is 0. The summed E-state index contributed by atoms with van der Waals surface area (Å²) in [5.74, 6) is 2.18. The van der Waals surface area contributed by atoms with Crippen LogP contribution in [0, 0.1) is 5.92 Å². The molecule has 0 spiro atoms. The Morgan fingerprint density at radius 2 is 1.90 bits per heavy atom. The number of nitrogens with zero attached hydrogens (tertiary/aromatic N) is 3. The Hall–Kier alpha value is -3.41. The SMILES string of the molecule is CC(C)c1cccc(NC(=O)[C@@H]2CCCN(c3nccnc3Oc3ccccc3)C2)c1. The molecular weight excluding hydrogens is 388 g/mol. The van der Waals surface area contributed by atoms with Crippen LogP contribution in [0.25, 0.3) is 0 Å². The molecule has 4 rings (SSSR count). The maximum Gasteiger partial charge on any atom is 0.263 e. The summed E-state index contributed by atoms with van der Waals surface area (Å²) in [6.07, 6.45) is 5.04. The number of carbonyl (C=O) groups is 1. The highest BCUT2D eigenvalue weighted by molar-refractivity contribution is 5.93. The summed E-state index contributed by atoms with van der Waals surface area (Å²) < 4.78 is 5.97. The molecule has 2 heterocycles. The lowest BCUT2D eigenvalue weighted by Gasteiger charge is -2.33. The minimum absolute atomic E-state index is 0.0417. The van der Waals surface area contributed by atoms with Gasteiger partial charge >= 0.3 is 0 Å². The lowest BCUT2D eigenvalue weighted by molar-refractivity contribution is -0.120. The van der Waals surface area contributed by atoms with Gasteiger partial charge in [-0.05, 0) is 48.6 Å². The molecule has 1 aliphatic rings. The van der Waals surface area contributed by atoms with E-state index in [4.69, 9.17) is 4.74 Å². The minimum Gasteiger partial charge on any atom is -0.436 e. The molecule has 1 fully saturated rings. The molecule has 31 heavy (non-hydrogen) atoms. The zero-order chi connectivity index (χ0) is 21.6. The molecule has 1 aromatic heterocycles. The van der Waals surface area contributed by atoms with Gasteiger partial charge < -0.3 is 15.0 Å². The standard InChI is InChI=1S/C25H28N4O2/c1-18(2)19-8-6-10-21(16-19)28-24(30)20-9-7-15-29(17-20)23-25(27-14-13-26-23)31-22-11-4-3-5-12-22/h3-6,8,10-14,16,18,20H,7,9,15,17H2,1-2H3,(H,28,30)/t20-/m1/s1. The third-order valence-corrected chi connectivity index (χ3v) is 5.52. The summed E-state index contributed by atoms with van der Waals surface area (Å²) in [6.45, 7) is 5.70. The maximum atomic E-state index is 13.0. The van der Waals surface area contributed by atoms with Gasteiger partial charge in [-0.3, -0.25) is 4.79 Å². The Morgan fingerprint density at radius 1 is 1.10 bits per heavy atom. The first kappa shape index (κ1) is 20.8. The fourth-order valence-corrected chi connectivity index (χ4v) is 3.81. The highest BCUT2D eigenvalue weighted by atomic mass is 16.5. The van der Waals surface area contributed by atoms with E-state index in [9.17, 15) is 4.79 Å². The second-order valence-electron chi connectivity index (χ2n) is 8.15. The average Bonchev–Trinajstić information content (AvgIpc) is 2.80. The Bertz CT molecular complexity index is 1020. The van der Waals surface area contributed by atoms with Crippen LogP contribution >= 0.6 is 0 Å². The maximum absolute atomic E-state index is 13.0. The van der Waals surface area contributed by atoms with E-state index >= 15 is 0 Å². The summed E-state index contributed by atoms with van der Waals surface area (Å²) in [5, 5.41) is 3.10. The molecule has 1 N–H and O–H groups in total. The molecule has 0 saturated carbocycles. The second kappa shape index (κ2) is 9.60. The Kier molecular flexibility index (Phi) is 6.46. The molecule has 3 aromatic rings. The molecule has 1 aliphatic heterocycles. The van der Waals surface area contributed by atoms with Gasteiger partial charge in [-0.25, -0.2) is 9.97 Å². The number of rotatable bonds is 6. The van der Waals surface area contributed by atoms with Crippen molar-refractivity contribution < 1.29 is 9.53 Å². The zero-order valence-corrected chi connectivity index (χ0v) is 18.0. The largest absolute Gasteiger partial charge is 0.436 e. The summed E-state index contributed by atoms with van der Waals surface area (Å²) in [7, 11) is 0. The molecule has 1 atom stereocenters. The number of carbonyl (C=O) groups excluding carboxylic acids is 1. The van der Waals surface area contributed by atoms with Crippen molar-refractivity contribution >= 4 is 17.4 Å². The second-order valence-corrected chi connectivity index (χ2v) is 8.15. The number of piperidine rings is 1. The molecule has 1 saturated heterocycles. The van der Waals surface area contributed by atoms with Crippen LogP contribution in [0.5, 0.6) is 11.6 Å². The fourth-order valence-electron chi connectivity index (χ4n) is 3.81. The predicted octanol–water partition coefficient (Wildman–Crippen LogP) is 5.25. The number of hydrogen-bond acceptors (Lipinski definition) is 5. The quantitative estimate of drug-likeness (QED) is 0.595. The molecular formula is C25H28N4O2. The average molecular weight is 417 g/mol. The van der Waals surface area contributed by atoms with Gasteiger partial charge in [0.15, 0.2) is 5.82 Å². The lowest BCUT2D eigenvalue weighted by atomic mass is 9.96. The van der Waals surface area contributed by atoms with Crippen molar-refractivity contribution in [3.63, 3.8) is 0 Å². The van der Waals surface area contributed by atoms with Gasteiger partial charge in [0.2, 0.25) is 5.91 Å². The third kappa shape index (κ3) is 5.20. The van der Waals surface area contributed by atoms with Gasteiger partial charge in [-0.2, -0.15) is 0 Å². The number of aromatic nitrogens is 2.